The molecule has 0 saturated carbocycles. The van der Waals surface area contributed by atoms with Crippen LogP contribution in [0.25, 0.3) is 0 Å². The van der Waals surface area contributed by atoms with E-state index in [-0.39, 0.29) is 30.7 Å². The number of rotatable bonds is 12. The van der Waals surface area contributed by atoms with Gasteiger partial charge >= 0.3 is 6.09 Å². The number of ketones is 1. The van der Waals surface area contributed by atoms with Crippen molar-refractivity contribution in [2.45, 2.75) is 51.7 Å². The number of nitrogens with two attached hydrogens (primary N) is 1. The van der Waals surface area contributed by atoms with E-state index in [9.17, 15) is 14.4 Å². The summed E-state index contributed by atoms with van der Waals surface area (Å²) in [5, 5.41) is 6.52. The molecular formula is C30H38N6O5. The Kier molecular flexibility index (Phi) is 10.6. The van der Waals surface area contributed by atoms with Gasteiger partial charge in [-0.1, -0.05) is 66.7 Å². The van der Waals surface area contributed by atoms with Crippen molar-refractivity contribution in [3.8, 4) is 0 Å². The van der Waals surface area contributed by atoms with Crippen molar-refractivity contribution in [1.29, 1.82) is 0 Å². The van der Waals surface area contributed by atoms with E-state index in [4.69, 9.17) is 15.0 Å². The van der Waals surface area contributed by atoms with Gasteiger partial charge in [0, 0.05) is 39.1 Å². The van der Waals surface area contributed by atoms with Gasteiger partial charge in [-0.15, -0.1) is 0 Å². The Labute approximate surface area is 240 Å². The highest BCUT2D eigenvalue weighted by Gasteiger charge is 2.30. The lowest BCUT2D eigenvalue weighted by molar-refractivity contribution is -0.134. The number of carbonyl (C=O) groups excluding carboxylic acids is 3. The smallest absolute Gasteiger partial charge is 0.407 e. The van der Waals surface area contributed by atoms with Crippen molar-refractivity contribution >= 4 is 17.8 Å². The highest BCUT2D eigenvalue weighted by atomic mass is 16.5. The first-order chi connectivity index (χ1) is 19.9. The molecule has 11 nitrogen and oxygen atoms in total. The van der Waals surface area contributed by atoms with Crippen LogP contribution < -0.4 is 11.1 Å². The van der Waals surface area contributed by atoms with E-state index in [0.29, 0.717) is 45.2 Å². The van der Waals surface area contributed by atoms with Gasteiger partial charge in [0.05, 0.1) is 19.1 Å². The average Bonchev–Trinajstić information content (AvgIpc) is 3.46. The predicted molar refractivity (Wildman–Crippen MR) is 152 cm³/mol. The lowest BCUT2D eigenvalue weighted by Gasteiger charge is -2.35. The zero-order valence-electron chi connectivity index (χ0n) is 23.6. The van der Waals surface area contributed by atoms with Gasteiger partial charge in [0.15, 0.2) is 0 Å². The average molecular weight is 563 g/mol. The molecule has 218 valence electrons. The van der Waals surface area contributed by atoms with E-state index in [0.717, 1.165) is 23.1 Å². The summed E-state index contributed by atoms with van der Waals surface area (Å²) >= 11 is 0. The second-order valence-electron chi connectivity index (χ2n) is 9.99. The zero-order valence-corrected chi connectivity index (χ0v) is 23.6. The number of carbonyl (C=O) groups is 3. The first kappa shape index (κ1) is 29.9. The molecule has 2 aromatic carbocycles. The fourth-order valence-electron chi connectivity index (χ4n) is 4.92. The van der Waals surface area contributed by atoms with Gasteiger partial charge in [0.25, 0.3) is 0 Å². The summed E-state index contributed by atoms with van der Waals surface area (Å²) in [7, 11) is 0. The van der Waals surface area contributed by atoms with Gasteiger partial charge in [-0.2, -0.15) is 4.98 Å². The number of alkyl carbamates (subject to hydrolysis) is 1. The monoisotopic (exact) mass is 562 g/mol. The molecule has 3 aromatic rings. The maximum Gasteiger partial charge on any atom is 0.407 e. The van der Waals surface area contributed by atoms with Crippen LogP contribution in [0.3, 0.4) is 0 Å². The summed E-state index contributed by atoms with van der Waals surface area (Å²) in [6.07, 6.45) is 0.273. The molecule has 4 rings (SSSR count). The molecule has 1 aliphatic heterocycles. The Balaban J connectivity index is 1.35. The minimum atomic E-state index is -0.936. The van der Waals surface area contributed by atoms with E-state index >= 15 is 0 Å². The first-order valence-corrected chi connectivity index (χ1v) is 14.1. The number of hydrogen-bond acceptors (Lipinski definition) is 9. The van der Waals surface area contributed by atoms with Crippen molar-refractivity contribution < 1.29 is 23.6 Å². The molecule has 1 aromatic heterocycles. The zero-order chi connectivity index (χ0) is 29.2. The summed E-state index contributed by atoms with van der Waals surface area (Å²) in [6, 6.07) is 16.4. The van der Waals surface area contributed by atoms with Crippen molar-refractivity contribution in [3.63, 3.8) is 0 Å². The number of nitrogens with one attached hydrogen (secondary N) is 1. The molecule has 1 aliphatic rings. The van der Waals surface area contributed by atoms with E-state index < -0.39 is 17.9 Å². The number of hydrogen-bond donors (Lipinski definition) is 2. The van der Waals surface area contributed by atoms with Crippen molar-refractivity contribution in [3.05, 3.63) is 83.0 Å². The minimum absolute atomic E-state index is 0.108. The van der Waals surface area contributed by atoms with Crippen LogP contribution in [0.5, 0.6) is 0 Å². The molecule has 0 radical (unpaired) electrons. The largest absolute Gasteiger partial charge is 0.450 e. The third-order valence-corrected chi connectivity index (χ3v) is 7.22. The van der Waals surface area contributed by atoms with Crippen LogP contribution in [0.4, 0.5) is 4.79 Å². The number of benzene rings is 2. The third-order valence-electron chi connectivity index (χ3n) is 7.22. The maximum absolute atomic E-state index is 13.3. The molecule has 3 N–H and O–H groups in total. The molecule has 2 atom stereocenters. The standard InChI is InChI=1S/C30H38N6O5/c1-3-24(23-8-6-5-7-9-23)29(38)36-16-14-35(15-17-36)20-26-33-28(34-41-26)27(37)25(32-30(39)40-4-2)18-21-10-12-22(19-31)13-11-21/h5-13,24-25H,3-4,14-20,31H2,1-2H3,(H,32,39). The van der Waals surface area contributed by atoms with Gasteiger partial charge in [-0.05, 0) is 30.0 Å². The number of aromatic nitrogens is 2. The second kappa shape index (κ2) is 14.5. The summed E-state index contributed by atoms with van der Waals surface area (Å²) < 4.78 is 10.4. The Morgan fingerprint density at radius 1 is 1.00 bits per heavy atom. The number of ether oxygens (including phenoxy) is 1. The Hall–Kier alpha value is -4.09. The molecule has 11 heteroatoms. The van der Waals surface area contributed by atoms with E-state index in [2.05, 4.69) is 20.4 Å². The lowest BCUT2D eigenvalue weighted by Crippen LogP contribution is -2.49. The van der Waals surface area contributed by atoms with Crippen molar-refractivity contribution in [2.24, 2.45) is 5.73 Å². The molecule has 2 amide bonds. The number of Topliss-reactive ketones (excluding diaryl/α,β-unsaturated/α-hetero) is 1. The molecular weight excluding hydrogens is 524 g/mol. The van der Waals surface area contributed by atoms with Crippen LogP contribution in [0, 0.1) is 0 Å². The van der Waals surface area contributed by atoms with Gasteiger partial charge in [0.1, 0.15) is 6.04 Å². The summed E-state index contributed by atoms with van der Waals surface area (Å²) in [4.78, 5) is 47.0. The van der Waals surface area contributed by atoms with Gasteiger partial charge in [-0.3, -0.25) is 14.5 Å². The van der Waals surface area contributed by atoms with Gasteiger partial charge < -0.3 is 25.2 Å². The van der Waals surface area contributed by atoms with Crippen LogP contribution in [0.15, 0.2) is 59.1 Å². The van der Waals surface area contributed by atoms with E-state index in [1.54, 1.807) is 6.92 Å². The van der Waals surface area contributed by atoms with Crippen LogP contribution in [-0.4, -0.2) is 76.6 Å². The van der Waals surface area contributed by atoms with Crippen molar-refractivity contribution in [2.75, 3.05) is 32.8 Å². The third kappa shape index (κ3) is 7.99. The van der Waals surface area contributed by atoms with Gasteiger partial charge in [-0.25, -0.2) is 4.79 Å². The SMILES string of the molecule is CCOC(=O)NC(Cc1ccc(CN)cc1)C(=O)c1noc(CN2CCN(C(=O)C(CC)c3ccccc3)CC2)n1. The molecule has 2 unspecified atom stereocenters. The molecule has 2 heterocycles. The maximum atomic E-state index is 13.3. The predicted octanol–water partition coefficient (Wildman–Crippen LogP) is 2.91. The molecule has 0 spiro atoms. The molecule has 1 saturated heterocycles. The topological polar surface area (TPSA) is 144 Å². The number of nitrogens with zero attached hydrogens (tertiary/aromatic N) is 4. The Morgan fingerprint density at radius 2 is 1.68 bits per heavy atom. The fraction of sp³-hybridized carbons (Fsp3) is 0.433. The minimum Gasteiger partial charge on any atom is -0.450 e. The number of amides is 2. The van der Waals surface area contributed by atoms with Gasteiger partial charge in [0.2, 0.25) is 23.4 Å². The Morgan fingerprint density at radius 3 is 2.32 bits per heavy atom. The van der Waals surface area contributed by atoms with Crippen LogP contribution in [-0.2, 0) is 29.0 Å². The van der Waals surface area contributed by atoms with E-state index in [1.807, 2.05) is 66.4 Å². The molecule has 1 fully saturated rings. The normalized spacial score (nSPS) is 15.2. The molecule has 0 bridgehead atoms. The Bertz CT molecular complexity index is 1290. The molecule has 0 aliphatic carbocycles. The number of piperazine rings is 1. The quantitative estimate of drug-likeness (QED) is 0.318. The fourth-order valence-corrected chi connectivity index (χ4v) is 4.92. The first-order valence-electron chi connectivity index (χ1n) is 14.1. The lowest BCUT2D eigenvalue weighted by atomic mass is 9.95. The van der Waals surface area contributed by atoms with Crippen LogP contribution in [0.2, 0.25) is 0 Å². The second-order valence-corrected chi connectivity index (χ2v) is 9.99. The van der Waals surface area contributed by atoms with Crippen LogP contribution >= 0.6 is 0 Å². The highest BCUT2D eigenvalue weighted by Crippen LogP contribution is 2.23. The summed E-state index contributed by atoms with van der Waals surface area (Å²) in [5.41, 5.74) is 8.52. The highest BCUT2D eigenvalue weighted by molar-refractivity contribution is 5.98. The van der Waals surface area contributed by atoms with Crippen molar-refractivity contribution in [1.82, 2.24) is 25.3 Å². The summed E-state index contributed by atoms with van der Waals surface area (Å²) in [6.45, 7) is 7.14. The van der Waals surface area contributed by atoms with Crippen LogP contribution in [0.1, 0.15) is 59.4 Å². The van der Waals surface area contributed by atoms with E-state index in [1.165, 1.54) is 0 Å². The molecule has 41 heavy (non-hydrogen) atoms. The summed E-state index contributed by atoms with van der Waals surface area (Å²) in [5.74, 6) is -0.296.